The van der Waals surface area contributed by atoms with E-state index in [2.05, 4.69) is 5.32 Å². The Labute approximate surface area is 152 Å². The molecule has 0 aliphatic heterocycles. The number of alkyl carbamates (subject to hydrolysis) is 1. The number of aliphatic carboxylic acids is 1. The van der Waals surface area contributed by atoms with Crippen LogP contribution in [0.3, 0.4) is 0 Å². The van der Waals surface area contributed by atoms with Gasteiger partial charge in [0.05, 0.1) is 6.10 Å². The molecule has 0 spiro atoms. The molecule has 0 aromatic heterocycles. The molecule has 2 N–H and O–H groups in total. The first-order chi connectivity index (χ1) is 11.6. The normalized spacial score (nSPS) is 15.8. The number of carbonyl (C=O) groups is 2. The Hall–Kier alpha value is -1.95. The SMILES string of the molecule is CC(C)(C)OC(=O)N[C@@H](Cc1cc(Cl)ccc1OC1CCC1)C(=O)O. The highest BCUT2D eigenvalue weighted by molar-refractivity contribution is 6.30. The van der Waals surface area contributed by atoms with Gasteiger partial charge in [-0.05, 0) is 63.8 Å². The van der Waals surface area contributed by atoms with Gasteiger partial charge in [-0.1, -0.05) is 11.6 Å². The number of hydrogen-bond acceptors (Lipinski definition) is 4. The summed E-state index contributed by atoms with van der Waals surface area (Å²) in [6, 6.07) is 3.97. The van der Waals surface area contributed by atoms with E-state index in [-0.39, 0.29) is 12.5 Å². The fourth-order valence-electron chi connectivity index (χ4n) is 2.36. The van der Waals surface area contributed by atoms with E-state index in [9.17, 15) is 14.7 Å². The van der Waals surface area contributed by atoms with Crippen LogP contribution in [0.15, 0.2) is 18.2 Å². The molecule has 6 nitrogen and oxygen atoms in total. The number of amides is 1. The first-order valence-electron chi connectivity index (χ1n) is 8.31. The second-order valence-electron chi connectivity index (χ2n) is 7.16. The van der Waals surface area contributed by atoms with E-state index in [1.54, 1.807) is 39.0 Å². The van der Waals surface area contributed by atoms with E-state index in [4.69, 9.17) is 21.1 Å². The summed E-state index contributed by atoms with van der Waals surface area (Å²) in [6.45, 7) is 5.14. The smallest absolute Gasteiger partial charge is 0.408 e. The Morgan fingerprint density at radius 3 is 2.56 bits per heavy atom. The van der Waals surface area contributed by atoms with Gasteiger partial charge in [-0.3, -0.25) is 0 Å². The van der Waals surface area contributed by atoms with Crippen LogP contribution in [0.2, 0.25) is 5.02 Å². The molecule has 7 heteroatoms. The van der Waals surface area contributed by atoms with Gasteiger partial charge in [0.2, 0.25) is 0 Å². The standard InChI is InChI=1S/C18H24ClNO5/c1-18(2,3)25-17(23)20-14(16(21)22)10-11-9-12(19)7-8-15(11)24-13-5-4-6-13/h7-9,13-14H,4-6,10H2,1-3H3,(H,20,23)(H,21,22)/t14-/m0/s1. The Morgan fingerprint density at radius 2 is 2.04 bits per heavy atom. The Kier molecular flexibility index (Phi) is 6.16. The van der Waals surface area contributed by atoms with Crippen LogP contribution in [-0.4, -0.2) is 34.9 Å². The minimum Gasteiger partial charge on any atom is -0.490 e. The van der Waals surface area contributed by atoms with Crippen molar-refractivity contribution in [3.63, 3.8) is 0 Å². The van der Waals surface area contributed by atoms with E-state index in [1.165, 1.54) is 0 Å². The van der Waals surface area contributed by atoms with E-state index in [0.29, 0.717) is 16.3 Å². The van der Waals surface area contributed by atoms with Crippen LogP contribution < -0.4 is 10.1 Å². The summed E-state index contributed by atoms with van der Waals surface area (Å²) in [6.07, 6.45) is 2.54. The molecule has 0 radical (unpaired) electrons. The Balaban J connectivity index is 2.11. The molecule has 1 saturated carbocycles. The molecule has 1 aliphatic rings. The van der Waals surface area contributed by atoms with Gasteiger partial charge in [0.15, 0.2) is 0 Å². The van der Waals surface area contributed by atoms with Crippen LogP contribution in [0.1, 0.15) is 45.6 Å². The third-order valence-corrected chi connectivity index (χ3v) is 4.02. The molecule has 1 amide bonds. The molecule has 2 rings (SSSR count). The summed E-state index contributed by atoms with van der Waals surface area (Å²) in [5.41, 5.74) is -0.0651. The maximum atomic E-state index is 11.9. The number of carboxylic acid groups (broad SMARTS) is 1. The number of rotatable bonds is 6. The first-order valence-corrected chi connectivity index (χ1v) is 8.69. The van der Waals surface area contributed by atoms with Gasteiger partial charge in [-0.15, -0.1) is 0 Å². The predicted molar refractivity (Wildman–Crippen MR) is 94.2 cm³/mol. The molecule has 0 saturated heterocycles. The zero-order valence-corrected chi connectivity index (χ0v) is 15.4. The zero-order chi connectivity index (χ0) is 18.6. The summed E-state index contributed by atoms with van der Waals surface area (Å²) >= 11 is 6.04. The monoisotopic (exact) mass is 369 g/mol. The molecule has 1 aromatic carbocycles. The number of ether oxygens (including phenoxy) is 2. The lowest BCUT2D eigenvalue weighted by molar-refractivity contribution is -0.139. The summed E-state index contributed by atoms with van der Waals surface area (Å²) in [5.74, 6) is -0.549. The average molecular weight is 370 g/mol. The fourth-order valence-corrected chi connectivity index (χ4v) is 2.56. The largest absolute Gasteiger partial charge is 0.490 e. The summed E-state index contributed by atoms with van der Waals surface area (Å²) in [7, 11) is 0. The third-order valence-electron chi connectivity index (χ3n) is 3.78. The van der Waals surface area contributed by atoms with Gasteiger partial charge in [-0.25, -0.2) is 9.59 Å². The van der Waals surface area contributed by atoms with Crippen molar-refractivity contribution >= 4 is 23.7 Å². The number of nitrogens with one attached hydrogen (secondary N) is 1. The van der Waals surface area contributed by atoms with Crippen molar-refractivity contribution in [3.05, 3.63) is 28.8 Å². The van der Waals surface area contributed by atoms with Crippen LogP contribution >= 0.6 is 11.6 Å². The van der Waals surface area contributed by atoms with Crippen LogP contribution in [0, 0.1) is 0 Å². The summed E-state index contributed by atoms with van der Waals surface area (Å²) < 4.78 is 11.0. The van der Waals surface area contributed by atoms with Crippen molar-refractivity contribution in [1.82, 2.24) is 5.32 Å². The quantitative estimate of drug-likeness (QED) is 0.796. The molecule has 0 heterocycles. The van der Waals surface area contributed by atoms with Gasteiger partial charge < -0.3 is 19.9 Å². The van der Waals surface area contributed by atoms with Crippen molar-refractivity contribution in [2.45, 2.75) is 64.2 Å². The number of carbonyl (C=O) groups excluding carboxylic acids is 1. The summed E-state index contributed by atoms with van der Waals surface area (Å²) in [5, 5.41) is 12.3. The molecule has 1 fully saturated rings. The van der Waals surface area contributed by atoms with Gasteiger partial charge in [0, 0.05) is 11.4 Å². The first kappa shape index (κ1) is 19.4. The molecule has 0 unspecified atom stereocenters. The van der Waals surface area contributed by atoms with Crippen molar-refractivity contribution in [2.75, 3.05) is 0 Å². The summed E-state index contributed by atoms with van der Waals surface area (Å²) in [4.78, 5) is 23.4. The van der Waals surface area contributed by atoms with Crippen molar-refractivity contribution in [3.8, 4) is 5.75 Å². The van der Waals surface area contributed by atoms with E-state index >= 15 is 0 Å². The molecular formula is C18H24ClNO5. The predicted octanol–water partition coefficient (Wildman–Crippen LogP) is 3.79. The molecular weight excluding hydrogens is 346 g/mol. The van der Waals surface area contributed by atoms with Gasteiger partial charge in [0.1, 0.15) is 17.4 Å². The van der Waals surface area contributed by atoms with Crippen molar-refractivity contribution < 1.29 is 24.2 Å². The van der Waals surface area contributed by atoms with Crippen molar-refractivity contribution in [2.24, 2.45) is 0 Å². The highest BCUT2D eigenvalue weighted by Crippen LogP contribution is 2.30. The lowest BCUT2D eigenvalue weighted by Gasteiger charge is -2.28. The lowest BCUT2D eigenvalue weighted by Crippen LogP contribution is -2.44. The van der Waals surface area contributed by atoms with E-state index < -0.39 is 23.7 Å². The number of carboxylic acids is 1. The molecule has 1 aromatic rings. The van der Waals surface area contributed by atoms with Crippen LogP contribution in [0.5, 0.6) is 5.75 Å². The molecule has 0 bridgehead atoms. The molecule has 138 valence electrons. The van der Waals surface area contributed by atoms with Gasteiger partial charge >= 0.3 is 12.1 Å². The fraction of sp³-hybridized carbons (Fsp3) is 0.556. The van der Waals surface area contributed by atoms with E-state index in [0.717, 1.165) is 19.3 Å². The molecule has 1 atom stereocenters. The number of halogens is 1. The average Bonchev–Trinajstić information content (AvgIpc) is 2.41. The highest BCUT2D eigenvalue weighted by Gasteiger charge is 2.26. The van der Waals surface area contributed by atoms with Crippen LogP contribution in [0.25, 0.3) is 0 Å². The molecule has 1 aliphatic carbocycles. The minimum atomic E-state index is -1.15. The second kappa shape index (κ2) is 7.95. The second-order valence-corrected chi connectivity index (χ2v) is 7.60. The van der Waals surface area contributed by atoms with Gasteiger partial charge in [-0.2, -0.15) is 0 Å². The lowest BCUT2D eigenvalue weighted by atomic mass is 9.96. The zero-order valence-electron chi connectivity index (χ0n) is 14.7. The van der Waals surface area contributed by atoms with Crippen LogP contribution in [0.4, 0.5) is 4.79 Å². The topological polar surface area (TPSA) is 84.9 Å². The Bertz CT molecular complexity index is 637. The maximum Gasteiger partial charge on any atom is 0.408 e. The highest BCUT2D eigenvalue weighted by atomic mass is 35.5. The minimum absolute atomic E-state index is 0.0528. The molecule has 25 heavy (non-hydrogen) atoms. The van der Waals surface area contributed by atoms with E-state index in [1.807, 2.05) is 0 Å². The Morgan fingerprint density at radius 1 is 1.36 bits per heavy atom. The van der Waals surface area contributed by atoms with Crippen molar-refractivity contribution in [1.29, 1.82) is 0 Å². The van der Waals surface area contributed by atoms with Gasteiger partial charge in [0.25, 0.3) is 0 Å². The maximum absolute atomic E-state index is 11.9. The number of benzene rings is 1. The number of hydrogen-bond donors (Lipinski definition) is 2. The third kappa shape index (κ3) is 6.12. The van der Waals surface area contributed by atoms with Crippen LogP contribution in [-0.2, 0) is 16.0 Å².